The van der Waals surface area contributed by atoms with Crippen molar-refractivity contribution in [3.63, 3.8) is 0 Å². The molecule has 6 nitrogen and oxygen atoms in total. The van der Waals surface area contributed by atoms with E-state index < -0.39 is 47.3 Å². The number of rotatable bonds is 7. The molecule has 0 spiro atoms. The molecule has 0 bridgehead atoms. The number of carbonyl (C=O) groups is 2. The van der Waals surface area contributed by atoms with Gasteiger partial charge in [-0.1, -0.05) is 30.3 Å². The first-order valence-corrected chi connectivity index (χ1v) is 10.2. The molecule has 2 amide bonds. The molecule has 1 fully saturated rings. The van der Waals surface area contributed by atoms with Crippen LogP contribution >= 0.6 is 0 Å². The lowest BCUT2D eigenvalue weighted by molar-refractivity contribution is -0.133. The van der Waals surface area contributed by atoms with Crippen LogP contribution in [0.15, 0.2) is 30.3 Å². The van der Waals surface area contributed by atoms with E-state index in [4.69, 9.17) is 0 Å². The third kappa shape index (κ3) is 6.19. The van der Waals surface area contributed by atoms with Crippen molar-refractivity contribution in [2.24, 2.45) is 0 Å². The van der Waals surface area contributed by atoms with Gasteiger partial charge in [-0.25, -0.2) is 13.2 Å². The molecule has 33 heavy (non-hydrogen) atoms. The Morgan fingerprint density at radius 3 is 2.15 bits per heavy atom. The van der Waals surface area contributed by atoms with Crippen LogP contribution in [0.3, 0.4) is 0 Å². The van der Waals surface area contributed by atoms with Gasteiger partial charge >= 0.3 is 0 Å². The summed E-state index contributed by atoms with van der Waals surface area (Å²) in [4.78, 5) is 27.8. The Labute approximate surface area is 186 Å². The molecule has 1 N–H and O–H groups in total. The van der Waals surface area contributed by atoms with Crippen LogP contribution in [0.25, 0.3) is 0 Å². The van der Waals surface area contributed by atoms with Crippen molar-refractivity contribution < 1.29 is 36.3 Å². The molecule has 1 saturated heterocycles. The molecule has 0 unspecified atom stereocenters. The molecule has 0 saturated carbocycles. The Balaban J connectivity index is 1.48. The first-order chi connectivity index (χ1) is 15.8. The Bertz CT molecular complexity index is 978. The lowest BCUT2D eigenvalue weighted by atomic mass is 10.2. The Morgan fingerprint density at radius 2 is 1.48 bits per heavy atom. The standard InChI is InChI=1S/C22H22F5N3O3/c23-17-18(24)20(26)22(21(27)19(17)25)33-13-16(32)30-8-4-7-29(9-10-30)12-15(31)28-11-14-5-2-1-3-6-14/h1-3,5-6H,4,7-13H2,(H,28,31). The van der Waals surface area contributed by atoms with Crippen molar-refractivity contribution in [1.82, 2.24) is 15.1 Å². The van der Waals surface area contributed by atoms with Gasteiger partial charge in [-0.3, -0.25) is 14.5 Å². The second-order valence-electron chi connectivity index (χ2n) is 7.46. The quantitative estimate of drug-likeness (QED) is 0.383. The number of nitrogens with zero attached hydrogens (tertiary/aromatic N) is 2. The summed E-state index contributed by atoms with van der Waals surface area (Å²) in [7, 11) is 0. The van der Waals surface area contributed by atoms with E-state index in [2.05, 4.69) is 10.1 Å². The molecule has 0 aromatic heterocycles. The van der Waals surface area contributed by atoms with Crippen LogP contribution in [0.1, 0.15) is 12.0 Å². The van der Waals surface area contributed by atoms with Gasteiger partial charge < -0.3 is 15.0 Å². The van der Waals surface area contributed by atoms with Gasteiger partial charge in [0.2, 0.25) is 35.0 Å². The van der Waals surface area contributed by atoms with Gasteiger partial charge in [0.05, 0.1) is 6.54 Å². The maximum Gasteiger partial charge on any atom is 0.260 e. The topological polar surface area (TPSA) is 61.9 Å². The summed E-state index contributed by atoms with van der Waals surface area (Å²) < 4.78 is 71.6. The summed E-state index contributed by atoms with van der Waals surface area (Å²) in [5.74, 6) is -13.2. The van der Waals surface area contributed by atoms with Gasteiger partial charge in [0.1, 0.15) is 0 Å². The third-order valence-electron chi connectivity index (χ3n) is 5.15. The molecule has 0 aliphatic carbocycles. The molecule has 0 radical (unpaired) electrons. The number of hydrogen-bond donors (Lipinski definition) is 1. The van der Waals surface area contributed by atoms with E-state index in [0.717, 1.165) is 5.56 Å². The fourth-order valence-electron chi connectivity index (χ4n) is 3.37. The van der Waals surface area contributed by atoms with Gasteiger partial charge in [-0.15, -0.1) is 0 Å². The molecule has 2 aromatic rings. The van der Waals surface area contributed by atoms with Crippen LogP contribution in [0.5, 0.6) is 5.75 Å². The molecule has 3 rings (SSSR count). The van der Waals surface area contributed by atoms with E-state index in [9.17, 15) is 31.5 Å². The largest absolute Gasteiger partial charge is 0.477 e. The zero-order valence-electron chi connectivity index (χ0n) is 17.6. The molecule has 0 atom stereocenters. The highest BCUT2D eigenvalue weighted by Gasteiger charge is 2.28. The second kappa shape index (κ2) is 11.1. The lowest BCUT2D eigenvalue weighted by Gasteiger charge is -2.22. The first kappa shape index (κ1) is 24.4. The maximum atomic E-state index is 13.7. The first-order valence-electron chi connectivity index (χ1n) is 10.2. The fourth-order valence-corrected chi connectivity index (χ4v) is 3.37. The zero-order valence-corrected chi connectivity index (χ0v) is 17.6. The minimum absolute atomic E-state index is 0.135. The highest BCUT2D eigenvalue weighted by Crippen LogP contribution is 2.29. The van der Waals surface area contributed by atoms with Gasteiger partial charge in [0, 0.05) is 32.7 Å². The van der Waals surface area contributed by atoms with Crippen LogP contribution in [0.4, 0.5) is 22.0 Å². The molecule has 11 heteroatoms. The number of hydrogen-bond acceptors (Lipinski definition) is 4. The third-order valence-corrected chi connectivity index (χ3v) is 5.15. The van der Waals surface area contributed by atoms with Crippen molar-refractivity contribution in [3.8, 4) is 5.75 Å². The van der Waals surface area contributed by atoms with Crippen molar-refractivity contribution in [1.29, 1.82) is 0 Å². The van der Waals surface area contributed by atoms with E-state index >= 15 is 0 Å². The van der Waals surface area contributed by atoms with Crippen molar-refractivity contribution >= 4 is 11.8 Å². The molecular formula is C22H22F5N3O3. The SMILES string of the molecule is O=C(CN1CCCN(C(=O)COc2c(F)c(F)c(F)c(F)c2F)CC1)NCc1ccccc1. The number of halogens is 5. The van der Waals surface area contributed by atoms with Crippen LogP contribution in [0, 0.1) is 29.1 Å². The Kier molecular flexibility index (Phi) is 8.21. The summed E-state index contributed by atoms with van der Waals surface area (Å²) in [6.45, 7) is 1.06. The van der Waals surface area contributed by atoms with E-state index in [1.165, 1.54) is 4.90 Å². The van der Waals surface area contributed by atoms with Crippen LogP contribution in [-0.4, -0.2) is 60.9 Å². The average molecular weight is 471 g/mol. The molecule has 2 aromatic carbocycles. The van der Waals surface area contributed by atoms with Crippen LogP contribution < -0.4 is 10.1 Å². The number of benzene rings is 2. The van der Waals surface area contributed by atoms with Gasteiger partial charge in [0.15, 0.2) is 12.4 Å². The normalized spacial score (nSPS) is 14.6. The summed E-state index contributed by atoms with van der Waals surface area (Å²) in [6.07, 6.45) is 0.528. The van der Waals surface area contributed by atoms with Gasteiger partial charge in [0.25, 0.3) is 5.91 Å². The zero-order chi connectivity index (χ0) is 24.0. The maximum absolute atomic E-state index is 13.7. The van der Waals surface area contributed by atoms with Crippen LogP contribution in [-0.2, 0) is 16.1 Å². The summed E-state index contributed by atoms with van der Waals surface area (Å²) in [5, 5.41) is 2.82. The number of nitrogens with one attached hydrogen (secondary N) is 1. The highest BCUT2D eigenvalue weighted by molar-refractivity contribution is 5.78. The van der Waals surface area contributed by atoms with E-state index in [0.29, 0.717) is 32.6 Å². The minimum Gasteiger partial charge on any atom is -0.477 e. The number of carbonyl (C=O) groups excluding carboxylic acids is 2. The number of amides is 2. The summed E-state index contributed by atoms with van der Waals surface area (Å²) >= 11 is 0. The van der Waals surface area contributed by atoms with Crippen molar-refractivity contribution in [3.05, 3.63) is 65.0 Å². The Hall–Kier alpha value is -3.21. The van der Waals surface area contributed by atoms with Crippen molar-refractivity contribution in [2.45, 2.75) is 13.0 Å². The summed E-state index contributed by atoms with van der Waals surface area (Å²) in [5.41, 5.74) is 0.965. The second-order valence-corrected chi connectivity index (χ2v) is 7.46. The number of ether oxygens (including phenoxy) is 1. The molecular weight excluding hydrogens is 449 g/mol. The molecule has 1 aliphatic rings. The van der Waals surface area contributed by atoms with Gasteiger partial charge in [-0.05, 0) is 12.0 Å². The van der Waals surface area contributed by atoms with E-state index in [1.807, 2.05) is 35.2 Å². The monoisotopic (exact) mass is 471 g/mol. The molecule has 178 valence electrons. The lowest BCUT2D eigenvalue weighted by Crippen LogP contribution is -2.40. The fraction of sp³-hybridized carbons (Fsp3) is 0.364. The molecule has 1 aliphatic heterocycles. The predicted molar refractivity (Wildman–Crippen MR) is 108 cm³/mol. The smallest absolute Gasteiger partial charge is 0.260 e. The Morgan fingerprint density at radius 1 is 0.848 bits per heavy atom. The van der Waals surface area contributed by atoms with Crippen LogP contribution in [0.2, 0.25) is 0 Å². The van der Waals surface area contributed by atoms with Gasteiger partial charge in [-0.2, -0.15) is 8.78 Å². The minimum atomic E-state index is -2.30. The average Bonchev–Trinajstić information content (AvgIpc) is 3.06. The molecule has 1 heterocycles. The summed E-state index contributed by atoms with van der Waals surface area (Å²) in [6, 6.07) is 9.41. The van der Waals surface area contributed by atoms with Crippen molar-refractivity contribution in [2.75, 3.05) is 39.3 Å². The van der Waals surface area contributed by atoms with E-state index in [-0.39, 0.29) is 19.0 Å². The predicted octanol–water partition coefficient (Wildman–Crippen LogP) is 2.61. The highest BCUT2D eigenvalue weighted by atomic mass is 19.2. The van der Waals surface area contributed by atoms with E-state index in [1.54, 1.807) is 0 Å².